The van der Waals surface area contributed by atoms with Crippen molar-refractivity contribution in [1.82, 2.24) is 19.7 Å². The van der Waals surface area contributed by atoms with E-state index in [-0.39, 0.29) is 52.1 Å². The molecule has 5 aliphatic rings. The molecule has 2 amide bonds. The van der Waals surface area contributed by atoms with Crippen LogP contribution in [0.2, 0.25) is 5.02 Å². The van der Waals surface area contributed by atoms with Gasteiger partial charge < -0.3 is 25.0 Å². The number of piperidine rings is 1. The number of benzene rings is 2. The molecule has 3 saturated heterocycles. The molecule has 0 unspecified atom stereocenters. The zero-order valence-electron chi connectivity index (χ0n) is 27.4. The number of carboxylic acids is 2. The lowest BCUT2D eigenvalue weighted by Gasteiger charge is -2.50. The maximum atomic E-state index is 15.9. The molecule has 2 aromatic carbocycles. The SMILES string of the molecule is O=C(Cc1ccccc1)N[C@@H]1C(=O)N2C(C(=O)O)=C(CN3CCC[C@@H]4CN(c5c(F)cc6c(=O)c(C(=O)O)cn(C7CC7)c6c5Cl)C[C@@H]43)CS[C@H]12. The van der Waals surface area contributed by atoms with Gasteiger partial charge in [0.15, 0.2) is 0 Å². The van der Waals surface area contributed by atoms with Gasteiger partial charge in [0, 0.05) is 43.7 Å². The largest absolute Gasteiger partial charge is 0.477 e. The fraction of sp³-hybridized carbons (Fsp3) is 0.417. The number of rotatable bonds is 9. The van der Waals surface area contributed by atoms with E-state index in [1.807, 2.05) is 35.2 Å². The van der Waals surface area contributed by atoms with Crippen LogP contribution in [0.15, 0.2) is 58.7 Å². The zero-order chi connectivity index (χ0) is 35.7. The van der Waals surface area contributed by atoms with Gasteiger partial charge in [-0.1, -0.05) is 41.9 Å². The number of hydrogen-bond donors (Lipinski definition) is 3. The predicted octanol–water partition coefficient (Wildman–Crippen LogP) is 3.71. The number of β-lactam (4-membered cyclic amide) rings is 1. The van der Waals surface area contributed by atoms with Crippen molar-refractivity contribution in [3.8, 4) is 0 Å². The van der Waals surface area contributed by atoms with Crippen LogP contribution in [0.4, 0.5) is 10.1 Å². The van der Waals surface area contributed by atoms with Gasteiger partial charge in [-0.3, -0.25) is 24.2 Å². The molecule has 12 nitrogen and oxygen atoms in total. The number of aromatic carboxylic acids is 1. The summed E-state index contributed by atoms with van der Waals surface area (Å²) in [7, 11) is 0. The number of likely N-dealkylation sites (tertiary alicyclic amines) is 1. The van der Waals surface area contributed by atoms with Crippen LogP contribution in [0.5, 0.6) is 0 Å². The molecule has 3 aromatic rings. The Balaban J connectivity index is 1.03. The number of hydrogen-bond acceptors (Lipinski definition) is 8. The van der Waals surface area contributed by atoms with Crippen molar-refractivity contribution in [1.29, 1.82) is 0 Å². The lowest BCUT2D eigenvalue weighted by atomic mass is 9.91. The molecule has 4 atom stereocenters. The summed E-state index contributed by atoms with van der Waals surface area (Å²) in [5, 5.41) is 22.2. The summed E-state index contributed by atoms with van der Waals surface area (Å²) in [5.74, 6) is -3.52. The quantitative estimate of drug-likeness (QED) is 0.278. The number of anilines is 1. The number of aromatic nitrogens is 1. The number of nitrogens with one attached hydrogen (secondary N) is 1. The molecule has 51 heavy (non-hydrogen) atoms. The second kappa shape index (κ2) is 13.0. The predicted molar refractivity (Wildman–Crippen MR) is 189 cm³/mol. The van der Waals surface area contributed by atoms with Crippen LogP contribution in [0, 0.1) is 11.7 Å². The minimum atomic E-state index is -1.38. The highest BCUT2D eigenvalue weighted by Crippen LogP contribution is 2.45. The third-order valence-electron chi connectivity index (χ3n) is 10.7. The number of aliphatic carboxylic acids is 1. The number of carbonyl (C=O) groups excluding carboxylic acids is 2. The van der Waals surface area contributed by atoms with Gasteiger partial charge in [-0.15, -0.1) is 11.8 Å². The average Bonchev–Trinajstić information content (AvgIpc) is 3.86. The summed E-state index contributed by atoms with van der Waals surface area (Å²) < 4.78 is 17.6. The van der Waals surface area contributed by atoms with Crippen LogP contribution < -0.4 is 15.6 Å². The summed E-state index contributed by atoms with van der Waals surface area (Å²) in [6, 6.07) is 9.40. The van der Waals surface area contributed by atoms with Gasteiger partial charge in [-0.2, -0.15) is 0 Å². The number of carboxylic acid groups (broad SMARTS) is 2. The van der Waals surface area contributed by atoms with E-state index in [0.717, 1.165) is 37.3 Å². The highest BCUT2D eigenvalue weighted by atomic mass is 35.5. The number of halogens is 2. The van der Waals surface area contributed by atoms with Crippen molar-refractivity contribution in [2.24, 2.45) is 5.92 Å². The summed E-state index contributed by atoms with van der Waals surface area (Å²) in [6.07, 6.45) is 4.75. The van der Waals surface area contributed by atoms with Gasteiger partial charge >= 0.3 is 11.9 Å². The Labute approximate surface area is 300 Å². The number of nitrogens with zero attached hydrogens (tertiary/aromatic N) is 4. The Morgan fingerprint density at radius 3 is 2.51 bits per heavy atom. The van der Waals surface area contributed by atoms with Gasteiger partial charge in [0.1, 0.15) is 28.5 Å². The first-order valence-corrected chi connectivity index (χ1v) is 18.5. The Morgan fingerprint density at radius 1 is 1.04 bits per heavy atom. The normalized spacial score (nSPS) is 24.7. The molecule has 4 aliphatic heterocycles. The van der Waals surface area contributed by atoms with Crippen molar-refractivity contribution in [3.05, 3.63) is 86.1 Å². The third-order valence-corrected chi connectivity index (χ3v) is 12.4. The van der Waals surface area contributed by atoms with E-state index in [1.54, 1.807) is 4.57 Å². The highest BCUT2D eigenvalue weighted by Gasteiger charge is 2.54. The molecule has 1 saturated carbocycles. The zero-order valence-corrected chi connectivity index (χ0v) is 29.0. The molecule has 0 radical (unpaired) electrons. The summed E-state index contributed by atoms with van der Waals surface area (Å²) in [6.45, 7) is 1.93. The Hall–Kier alpha value is -4.40. The Kier molecular flexibility index (Phi) is 8.58. The van der Waals surface area contributed by atoms with E-state index < -0.39 is 46.1 Å². The van der Waals surface area contributed by atoms with E-state index in [1.165, 1.54) is 22.9 Å². The maximum absolute atomic E-state index is 15.9. The van der Waals surface area contributed by atoms with E-state index in [2.05, 4.69) is 10.2 Å². The standard InChI is InChI=1S/C36H35ClFN5O7S/c37-27-30-22(32(45)23(35(47)48)15-42(30)21-8-9-21)12-24(38)31(27)41-13-19-7-4-10-40(25(19)16-41)14-20-17-51-34-28(33(46)43(34)29(20)36(49)50)39-26(44)11-18-5-2-1-3-6-18/h1-3,5-6,12,15,19,21,25,28,34H,4,7-11,13-14,16-17H2,(H,39,44)(H,47,48)(H,49,50)/t19-,25+,28-,34-/m1/s1. The molecule has 1 aliphatic carbocycles. The van der Waals surface area contributed by atoms with Crippen molar-refractivity contribution in [2.75, 3.05) is 36.8 Å². The molecule has 266 valence electrons. The number of carbonyl (C=O) groups is 4. The van der Waals surface area contributed by atoms with Crippen molar-refractivity contribution < 1.29 is 33.8 Å². The number of pyridine rings is 1. The van der Waals surface area contributed by atoms with E-state index >= 15 is 4.39 Å². The van der Waals surface area contributed by atoms with Gasteiger partial charge in [-0.05, 0) is 55.3 Å². The van der Waals surface area contributed by atoms with Crippen LogP contribution in [-0.2, 0) is 20.8 Å². The number of amides is 2. The molecule has 5 heterocycles. The molecular weight excluding hydrogens is 701 g/mol. The Morgan fingerprint density at radius 2 is 1.80 bits per heavy atom. The third kappa shape index (κ3) is 5.86. The van der Waals surface area contributed by atoms with E-state index in [9.17, 15) is 34.2 Å². The second-order valence-electron chi connectivity index (χ2n) is 14.0. The first-order valence-electron chi connectivity index (χ1n) is 17.0. The summed E-state index contributed by atoms with van der Waals surface area (Å²) in [4.78, 5) is 69.0. The van der Waals surface area contributed by atoms with Gasteiger partial charge in [-0.25, -0.2) is 14.0 Å². The van der Waals surface area contributed by atoms with Crippen molar-refractivity contribution in [3.63, 3.8) is 0 Å². The lowest BCUT2D eigenvalue weighted by molar-refractivity contribution is -0.150. The molecule has 4 fully saturated rings. The van der Waals surface area contributed by atoms with Crippen LogP contribution in [0.3, 0.4) is 0 Å². The molecule has 8 rings (SSSR count). The first-order chi connectivity index (χ1) is 24.5. The van der Waals surface area contributed by atoms with Crippen LogP contribution in [0.25, 0.3) is 10.9 Å². The number of thioether (sulfide) groups is 1. The minimum absolute atomic E-state index is 0.0255. The number of fused-ring (bicyclic) bond motifs is 3. The molecular formula is C36H35ClFN5O7S. The molecule has 0 bridgehead atoms. The second-order valence-corrected chi connectivity index (χ2v) is 15.4. The van der Waals surface area contributed by atoms with Gasteiger partial charge in [0.25, 0.3) is 5.91 Å². The maximum Gasteiger partial charge on any atom is 0.352 e. The van der Waals surface area contributed by atoms with Crippen LogP contribution in [0.1, 0.15) is 47.6 Å². The molecule has 0 spiro atoms. The smallest absolute Gasteiger partial charge is 0.352 e. The van der Waals surface area contributed by atoms with E-state index in [4.69, 9.17) is 11.6 Å². The monoisotopic (exact) mass is 735 g/mol. The summed E-state index contributed by atoms with van der Waals surface area (Å²) >= 11 is 8.37. The first kappa shape index (κ1) is 33.7. The molecule has 3 N–H and O–H groups in total. The van der Waals surface area contributed by atoms with Gasteiger partial charge in [0.05, 0.1) is 28.0 Å². The van der Waals surface area contributed by atoms with Crippen molar-refractivity contribution >= 4 is 63.7 Å². The highest BCUT2D eigenvalue weighted by molar-refractivity contribution is 8.00. The minimum Gasteiger partial charge on any atom is -0.477 e. The topological polar surface area (TPSA) is 152 Å². The fourth-order valence-electron chi connectivity index (χ4n) is 8.22. The molecule has 15 heteroatoms. The Bertz CT molecular complexity index is 2090. The fourth-order valence-corrected chi connectivity index (χ4v) is 9.97. The average molecular weight is 736 g/mol. The van der Waals surface area contributed by atoms with Gasteiger partial charge in [0.2, 0.25) is 11.3 Å². The van der Waals surface area contributed by atoms with Crippen LogP contribution >= 0.6 is 23.4 Å². The van der Waals surface area contributed by atoms with Crippen LogP contribution in [-0.4, -0.2) is 97.7 Å². The van der Waals surface area contributed by atoms with E-state index in [0.29, 0.717) is 43.0 Å². The summed E-state index contributed by atoms with van der Waals surface area (Å²) in [5.41, 5.74) is 0.678. The lowest BCUT2D eigenvalue weighted by Crippen LogP contribution is -2.70. The van der Waals surface area contributed by atoms with Crippen molar-refractivity contribution in [2.45, 2.75) is 55.6 Å². The molecule has 1 aromatic heterocycles.